The Hall–Kier alpha value is -3.47. The second-order valence-electron chi connectivity index (χ2n) is 6.10. The molecule has 0 unspecified atom stereocenters. The van der Waals surface area contributed by atoms with E-state index >= 15 is 0 Å². The zero-order chi connectivity index (χ0) is 17.7. The van der Waals surface area contributed by atoms with Crippen molar-refractivity contribution < 1.29 is 9.47 Å². The number of benzene rings is 4. The lowest BCUT2D eigenvalue weighted by atomic mass is 9.91. The Morgan fingerprint density at radius 1 is 0.692 bits per heavy atom. The van der Waals surface area contributed by atoms with E-state index in [1.54, 1.807) is 14.2 Å². The van der Waals surface area contributed by atoms with Gasteiger partial charge in [-0.3, -0.25) is 0 Å². The number of hydrogen-bond donors (Lipinski definition) is 0. The van der Waals surface area contributed by atoms with Crippen molar-refractivity contribution in [3.05, 3.63) is 55.1 Å². The Morgan fingerprint density at radius 3 is 2.19 bits per heavy atom. The maximum absolute atomic E-state index is 5.68. The van der Waals surface area contributed by atoms with Crippen molar-refractivity contribution in [1.29, 1.82) is 0 Å². The first-order valence-electron chi connectivity index (χ1n) is 8.26. The van der Waals surface area contributed by atoms with Crippen LogP contribution in [-0.4, -0.2) is 29.2 Å². The van der Waals surface area contributed by atoms with Crippen LogP contribution < -0.4 is 9.47 Å². The minimum atomic E-state index is 0.656. The summed E-state index contributed by atoms with van der Waals surface area (Å²) in [6, 6.07) is 14.5. The molecule has 1 heterocycles. The summed E-state index contributed by atoms with van der Waals surface area (Å²) < 4.78 is 11.3. The lowest BCUT2D eigenvalue weighted by Crippen LogP contribution is -1.95. The van der Waals surface area contributed by atoms with E-state index in [1.165, 1.54) is 12.7 Å². The fraction of sp³-hybridized carbons (Fsp3) is 0.0952. The smallest absolute Gasteiger partial charge is 0.163 e. The number of nitrogens with zero attached hydrogens (tertiary/aromatic N) is 3. The highest BCUT2D eigenvalue weighted by atomic mass is 16.5. The van der Waals surface area contributed by atoms with E-state index in [9.17, 15) is 0 Å². The molecule has 0 fully saturated rings. The minimum absolute atomic E-state index is 0.656. The van der Waals surface area contributed by atoms with Gasteiger partial charge < -0.3 is 9.47 Å². The standard InChI is InChI=1S/C21H15N3O2/c1-25-17-8-4-12-3-5-13-14(21-23-10-22-11-24-21)6-7-15-18(26-2)9-16(17)19(12)20(13)15/h3-11H,1-2H3. The Balaban J connectivity index is 2.02. The summed E-state index contributed by atoms with van der Waals surface area (Å²) in [5.74, 6) is 2.31. The van der Waals surface area contributed by atoms with Crippen LogP contribution in [0.2, 0.25) is 0 Å². The van der Waals surface area contributed by atoms with Gasteiger partial charge in [0, 0.05) is 27.1 Å². The summed E-state index contributed by atoms with van der Waals surface area (Å²) >= 11 is 0. The molecule has 0 aliphatic carbocycles. The van der Waals surface area contributed by atoms with Crippen molar-refractivity contribution in [1.82, 2.24) is 15.0 Å². The molecule has 0 aliphatic rings. The zero-order valence-corrected chi connectivity index (χ0v) is 14.4. The number of ether oxygens (including phenoxy) is 2. The third-order valence-electron chi connectivity index (χ3n) is 4.88. The second-order valence-corrected chi connectivity index (χ2v) is 6.10. The molecule has 0 spiro atoms. The van der Waals surface area contributed by atoms with Gasteiger partial charge in [-0.2, -0.15) is 0 Å². The van der Waals surface area contributed by atoms with Gasteiger partial charge in [0.15, 0.2) is 5.82 Å². The average Bonchev–Trinajstić information content (AvgIpc) is 2.71. The fourth-order valence-electron chi connectivity index (χ4n) is 3.75. The van der Waals surface area contributed by atoms with Crippen LogP contribution in [0.25, 0.3) is 43.7 Å². The highest BCUT2D eigenvalue weighted by Gasteiger charge is 2.18. The van der Waals surface area contributed by atoms with Crippen molar-refractivity contribution in [3.8, 4) is 22.9 Å². The van der Waals surface area contributed by atoms with E-state index in [0.717, 1.165) is 49.4 Å². The topological polar surface area (TPSA) is 57.1 Å². The van der Waals surface area contributed by atoms with Crippen LogP contribution >= 0.6 is 0 Å². The van der Waals surface area contributed by atoms with Gasteiger partial charge >= 0.3 is 0 Å². The molecule has 4 aromatic carbocycles. The molecule has 0 radical (unpaired) electrons. The van der Waals surface area contributed by atoms with Gasteiger partial charge in [-0.15, -0.1) is 0 Å². The molecular weight excluding hydrogens is 326 g/mol. The van der Waals surface area contributed by atoms with E-state index in [1.807, 2.05) is 18.2 Å². The van der Waals surface area contributed by atoms with Gasteiger partial charge in [-0.1, -0.05) is 18.2 Å². The predicted molar refractivity (Wildman–Crippen MR) is 102 cm³/mol. The molecule has 5 rings (SSSR count). The highest BCUT2D eigenvalue weighted by molar-refractivity contribution is 6.27. The van der Waals surface area contributed by atoms with Gasteiger partial charge in [0.25, 0.3) is 0 Å². The Labute approximate surface area is 149 Å². The summed E-state index contributed by atoms with van der Waals surface area (Å²) in [4.78, 5) is 12.6. The van der Waals surface area contributed by atoms with E-state index in [0.29, 0.717) is 5.82 Å². The van der Waals surface area contributed by atoms with E-state index < -0.39 is 0 Å². The van der Waals surface area contributed by atoms with Crippen molar-refractivity contribution in [2.75, 3.05) is 14.2 Å². The summed E-state index contributed by atoms with van der Waals surface area (Å²) in [6.07, 6.45) is 3.04. The average molecular weight is 341 g/mol. The number of rotatable bonds is 3. The Morgan fingerprint density at radius 2 is 1.42 bits per heavy atom. The summed E-state index contributed by atoms with van der Waals surface area (Å²) in [5.41, 5.74) is 0.971. The molecule has 0 aliphatic heterocycles. The first-order valence-corrected chi connectivity index (χ1v) is 8.26. The van der Waals surface area contributed by atoms with Gasteiger partial charge in [-0.05, 0) is 35.0 Å². The van der Waals surface area contributed by atoms with Crippen molar-refractivity contribution in [2.45, 2.75) is 0 Å². The minimum Gasteiger partial charge on any atom is -0.496 e. The van der Waals surface area contributed by atoms with Crippen LogP contribution in [-0.2, 0) is 0 Å². The van der Waals surface area contributed by atoms with Crippen molar-refractivity contribution in [3.63, 3.8) is 0 Å². The second kappa shape index (κ2) is 5.52. The number of aromatic nitrogens is 3. The molecular formula is C21H15N3O2. The maximum Gasteiger partial charge on any atom is 0.163 e. The van der Waals surface area contributed by atoms with Crippen LogP contribution in [0.1, 0.15) is 0 Å². The number of hydrogen-bond acceptors (Lipinski definition) is 5. The zero-order valence-electron chi connectivity index (χ0n) is 14.4. The molecule has 5 nitrogen and oxygen atoms in total. The monoisotopic (exact) mass is 341 g/mol. The summed E-state index contributed by atoms with van der Waals surface area (Å²) in [5, 5.41) is 6.63. The molecule has 126 valence electrons. The fourth-order valence-corrected chi connectivity index (χ4v) is 3.75. The molecule has 0 atom stereocenters. The summed E-state index contributed by atoms with van der Waals surface area (Å²) in [6.45, 7) is 0. The quantitative estimate of drug-likeness (QED) is 0.454. The first-order chi connectivity index (χ1) is 12.8. The van der Waals surface area contributed by atoms with Crippen LogP contribution in [0.4, 0.5) is 0 Å². The molecule has 0 saturated carbocycles. The van der Waals surface area contributed by atoms with Crippen LogP contribution in [0.3, 0.4) is 0 Å². The highest BCUT2D eigenvalue weighted by Crippen LogP contribution is 2.44. The molecule has 1 aromatic heterocycles. The van der Waals surface area contributed by atoms with Gasteiger partial charge in [0.1, 0.15) is 24.2 Å². The lowest BCUT2D eigenvalue weighted by molar-refractivity contribution is 0.415. The maximum atomic E-state index is 5.68. The molecule has 0 saturated heterocycles. The van der Waals surface area contributed by atoms with E-state index in [4.69, 9.17) is 9.47 Å². The summed E-state index contributed by atoms with van der Waals surface area (Å²) in [7, 11) is 3.38. The number of methoxy groups -OCH3 is 2. The largest absolute Gasteiger partial charge is 0.496 e. The molecule has 0 N–H and O–H groups in total. The third kappa shape index (κ3) is 1.94. The first kappa shape index (κ1) is 14.8. The third-order valence-corrected chi connectivity index (χ3v) is 4.88. The normalized spacial score (nSPS) is 11.5. The molecule has 0 bridgehead atoms. The molecule has 0 amide bonds. The SMILES string of the molecule is COc1ccc2ccc3c(-c4ncncn4)ccc4c(OC)cc1c2c43. The molecule has 5 aromatic rings. The van der Waals surface area contributed by atoms with Crippen LogP contribution in [0.5, 0.6) is 11.5 Å². The van der Waals surface area contributed by atoms with Gasteiger partial charge in [-0.25, -0.2) is 15.0 Å². The van der Waals surface area contributed by atoms with E-state index in [2.05, 4.69) is 39.2 Å². The van der Waals surface area contributed by atoms with Crippen LogP contribution in [0.15, 0.2) is 55.1 Å². The van der Waals surface area contributed by atoms with Gasteiger partial charge in [0.05, 0.1) is 14.2 Å². The van der Waals surface area contributed by atoms with Crippen molar-refractivity contribution in [2.24, 2.45) is 0 Å². The van der Waals surface area contributed by atoms with Crippen LogP contribution in [0, 0.1) is 0 Å². The predicted octanol–water partition coefficient (Wildman–Crippen LogP) is 4.45. The van der Waals surface area contributed by atoms with E-state index in [-0.39, 0.29) is 0 Å². The molecule has 26 heavy (non-hydrogen) atoms. The lowest BCUT2D eigenvalue weighted by Gasteiger charge is -2.17. The Bertz CT molecular complexity index is 1250. The van der Waals surface area contributed by atoms with Gasteiger partial charge in [0.2, 0.25) is 0 Å². The van der Waals surface area contributed by atoms with Crippen molar-refractivity contribution >= 4 is 32.3 Å². The molecule has 5 heteroatoms. The Kier molecular flexibility index (Phi) is 3.15.